The van der Waals surface area contributed by atoms with E-state index in [0.29, 0.717) is 25.4 Å². The number of nitrogens with zero attached hydrogens (tertiary/aromatic N) is 1. The molecular weight excluding hydrogens is 220 g/mol. The predicted octanol–water partition coefficient (Wildman–Crippen LogP) is 0.833. The lowest BCUT2D eigenvalue weighted by atomic mass is 9.95. The van der Waals surface area contributed by atoms with Crippen LogP contribution in [-0.4, -0.2) is 30.8 Å². The summed E-state index contributed by atoms with van der Waals surface area (Å²) in [6.07, 6.45) is 2.25. The van der Waals surface area contributed by atoms with Crippen molar-refractivity contribution in [2.24, 2.45) is 5.73 Å². The normalized spacial score (nSPS) is 23.6. The lowest BCUT2D eigenvalue weighted by Crippen LogP contribution is -2.37. The van der Waals surface area contributed by atoms with Crippen LogP contribution in [0.1, 0.15) is 29.4 Å². The van der Waals surface area contributed by atoms with E-state index in [0.717, 1.165) is 12.1 Å². The van der Waals surface area contributed by atoms with Gasteiger partial charge in [0.05, 0.1) is 30.0 Å². The minimum Gasteiger partial charge on any atom is -0.462 e. The molecule has 1 aromatic rings. The zero-order valence-corrected chi connectivity index (χ0v) is 9.81. The van der Waals surface area contributed by atoms with Gasteiger partial charge in [-0.15, -0.1) is 0 Å². The molecule has 5 nitrogen and oxygen atoms in total. The largest absolute Gasteiger partial charge is 0.462 e. The maximum absolute atomic E-state index is 11.4. The van der Waals surface area contributed by atoms with Gasteiger partial charge in [-0.1, -0.05) is 0 Å². The van der Waals surface area contributed by atoms with Crippen LogP contribution >= 0.6 is 0 Å². The molecule has 0 spiro atoms. The Hall–Kier alpha value is -1.46. The van der Waals surface area contributed by atoms with Crippen molar-refractivity contribution in [3.05, 3.63) is 29.6 Å². The highest BCUT2D eigenvalue weighted by atomic mass is 16.5. The molecule has 0 saturated carbocycles. The van der Waals surface area contributed by atoms with Crippen molar-refractivity contribution in [2.45, 2.75) is 18.9 Å². The molecule has 1 aromatic heterocycles. The number of rotatable bonds is 3. The first-order chi connectivity index (χ1) is 8.15. The molecule has 5 heteroatoms. The van der Waals surface area contributed by atoms with Gasteiger partial charge in [0.1, 0.15) is 0 Å². The van der Waals surface area contributed by atoms with Crippen molar-refractivity contribution in [3.63, 3.8) is 0 Å². The lowest BCUT2D eigenvalue weighted by molar-refractivity contribution is 0.0525. The third kappa shape index (κ3) is 2.45. The minimum atomic E-state index is -0.521. The fourth-order valence-corrected chi connectivity index (χ4v) is 1.81. The summed E-state index contributed by atoms with van der Waals surface area (Å²) in [6, 6.07) is 3.45. The van der Waals surface area contributed by atoms with Gasteiger partial charge in [0.25, 0.3) is 0 Å². The number of nitrogens with two attached hydrogens (primary N) is 1. The number of hydrogen-bond acceptors (Lipinski definition) is 5. The highest BCUT2D eigenvalue weighted by molar-refractivity contribution is 5.88. The first-order valence-electron chi connectivity index (χ1n) is 5.66. The topological polar surface area (TPSA) is 74.4 Å². The Morgan fingerprint density at radius 3 is 3.00 bits per heavy atom. The number of carbonyl (C=O) groups is 1. The van der Waals surface area contributed by atoms with Crippen LogP contribution in [0, 0.1) is 0 Å². The van der Waals surface area contributed by atoms with Crippen LogP contribution < -0.4 is 5.73 Å². The quantitative estimate of drug-likeness (QED) is 0.787. The summed E-state index contributed by atoms with van der Waals surface area (Å²) in [5, 5.41) is 0. The van der Waals surface area contributed by atoms with Gasteiger partial charge in [-0.05, 0) is 25.5 Å². The van der Waals surface area contributed by atoms with Crippen LogP contribution in [0.2, 0.25) is 0 Å². The highest BCUT2D eigenvalue weighted by Crippen LogP contribution is 2.25. The molecule has 1 atom stereocenters. The second kappa shape index (κ2) is 4.81. The van der Waals surface area contributed by atoms with Gasteiger partial charge in [0.2, 0.25) is 0 Å². The second-order valence-corrected chi connectivity index (χ2v) is 4.11. The molecule has 1 fully saturated rings. The number of esters is 1. The van der Waals surface area contributed by atoms with Crippen LogP contribution in [0.4, 0.5) is 0 Å². The lowest BCUT2D eigenvalue weighted by Gasteiger charge is -2.20. The van der Waals surface area contributed by atoms with E-state index in [1.54, 1.807) is 19.1 Å². The van der Waals surface area contributed by atoms with E-state index < -0.39 is 5.54 Å². The number of aromatic nitrogens is 1. The van der Waals surface area contributed by atoms with E-state index in [4.69, 9.17) is 15.2 Å². The van der Waals surface area contributed by atoms with Gasteiger partial charge >= 0.3 is 5.97 Å². The van der Waals surface area contributed by atoms with Crippen LogP contribution in [0.15, 0.2) is 18.3 Å². The van der Waals surface area contributed by atoms with Gasteiger partial charge in [-0.2, -0.15) is 0 Å². The maximum Gasteiger partial charge on any atom is 0.339 e. The first kappa shape index (κ1) is 12.0. The van der Waals surface area contributed by atoms with Crippen molar-refractivity contribution in [1.29, 1.82) is 0 Å². The number of pyridine rings is 1. The number of carbonyl (C=O) groups excluding carboxylic acids is 1. The Balaban J connectivity index is 2.15. The summed E-state index contributed by atoms with van der Waals surface area (Å²) in [4.78, 5) is 15.7. The Morgan fingerprint density at radius 2 is 2.47 bits per heavy atom. The summed E-state index contributed by atoms with van der Waals surface area (Å²) in [5.41, 5.74) is 6.84. The third-order valence-electron chi connectivity index (χ3n) is 2.84. The summed E-state index contributed by atoms with van der Waals surface area (Å²) in [7, 11) is 0. The smallest absolute Gasteiger partial charge is 0.339 e. The Kier molecular flexibility index (Phi) is 3.40. The zero-order chi connectivity index (χ0) is 12.3. The first-order valence-corrected chi connectivity index (χ1v) is 5.66. The fourth-order valence-electron chi connectivity index (χ4n) is 1.81. The molecule has 2 N–H and O–H groups in total. The molecule has 1 unspecified atom stereocenters. The van der Waals surface area contributed by atoms with Gasteiger partial charge in [-0.25, -0.2) is 4.79 Å². The standard InChI is InChI=1S/C12H16N2O3/c1-2-17-11(15)9-3-4-10(14-7-9)12(13)5-6-16-8-12/h3-4,7H,2,5-6,8,13H2,1H3. The second-order valence-electron chi connectivity index (χ2n) is 4.11. The molecule has 92 valence electrons. The molecule has 1 aliphatic heterocycles. The molecule has 0 radical (unpaired) electrons. The number of ether oxygens (including phenoxy) is 2. The molecule has 2 heterocycles. The Morgan fingerprint density at radius 1 is 1.65 bits per heavy atom. The molecule has 0 aromatic carbocycles. The average molecular weight is 236 g/mol. The van der Waals surface area contributed by atoms with E-state index in [1.165, 1.54) is 6.20 Å². The van der Waals surface area contributed by atoms with Crippen molar-refractivity contribution >= 4 is 5.97 Å². The minimum absolute atomic E-state index is 0.356. The highest BCUT2D eigenvalue weighted by Gasteiger charge is 2.33. The van der Waals surface area contributed by atoms with E-state index >= 15 is 0 Å². The van der Waals surface area contributed by atoms with Gasteiger partial charge in [-0.3, -0.25) is 4.98 Å². The maximum atomic E-state index is 11.4. The van der Waals surface area contributed by atoms with Crippen molar-refractivity contribution in [2.75, 3.05) is 19.8 Å². The van der Waals surface area contributed by atoms with Gasteiger partial charge in [0, 0.05) is 12.8 Å². The fraction of sp³-hybridized carbons (Fsp3) is 0.500. The van der Waals surface area contributed by atoms with Gasteiger partial charge in [0.15, 0.2) is 0 Å². The third-order valence-corrected chi connectivity index (χ3v) is 2.84. The van der Waals surface area contributed by atoms with Crippen molar-refractivity contribution in [1.82, 2.24) is 4.98 Å². The molecular formula is C12H16N2O3. The van der Waals surface area contributed by atoms with Crippen LogP contribution in [0.3, 0.4) is 0 Å². The average Bonchev–Trinajstić information content (AvgIpc) is 2.78. The SMILES string of the molecule is CCOC(=O)c1ccc(C2(N)CCOC2)nc1. The van der Waals surface area contributed by atoms with Crippen molar-refractivity contribution in [3.8, 4) is 0 Å². The monoisotopic (exact) mass is 236 g/mol. The summed E-state index contributed by atoms with van der Waals surface area (Å²) < 4.78 is 10.2. The molecule has 1 saturated heterocycles. The van der Waals surface area contributed by atoms with E-state index in [9.17, 15) is 4.79 Å². The zero-order valence-electron chi connectivity index (χ0n) is 9.81. The summed E-state index contributed by atoms with van der Waals surface area (Å²) in [5.74, 6) is -0.361. The van der Waals surface area contributed by atoms with Crippen LogP contribution in [-0.2, 0) is 15.0 Å². The molecule has 0 aliphatic carbocycles. The Labute approximate surface area is 99.9 Å². The summed E-state index contributed by atoms with van der Waals surface area (Å²) >= 11 is 0. The van der Waals surface area contributed by atoms with E-state index in [-0.39, 0.29) is 5.97 Å². The van der Waals surface area contributed by atoms with Crippen molar-refractivity contribution < 1.29 is 14.3 Å². The van der Waals surface area contributed by atoms with Crippen LogP contribution in [0.25, 0.3) is 0 Å². The molecule has 1 aliphatic rings. The number of hydrogen-bond donors (Lipinski definition) is 1. The molecule has 0 amide bonds. The van der Waals surface area contributed by atoms with Gasteiger partial charge < -0.3 is 15.2 Å². The Bertz CT molecular complexity index is 397. The van der Waals surface area contributed by atoms with Crippen LogP contribution in [0.5, 0.6) is 0 Å². The van der Waals surface area contributed by atoms with E-state index in [1.807, 2.05) is 0 Å². The predicted molar refractivity (Wildman–Crippen MR) is 61.5 cm³/mol. The molecule has 2 rings (SSSR count). The summed E-state index contributed by atoms with van der Waals surface area (Å²) in [6.45, 7) is 3.25. The molecule has 17 heavy (non-hydrogen) atoms. The van der Waals surface area contributed by atoms with E-state index in [2.05, 4.69) is 4.98 Å². The molecule has 0 bridgehead atoms.